The van der Waals surface area contributed by atoms with Crippen LogP contribution in [0.3, 0.4) is 0 Å². The lowest BCUT2D eigenvalue weighted by Crippen LogP contribution is -2.30. The number of allylic oxidation sites excluding steroid dienone is 28. The summed E-state index contributed by atoms with van der Waals surface area (Å²) in [6.45, 7) is 6.29. The van der Waals surface area contributed by atoms with Crippen molar-refractivity contribution in [3.05, 3.63) is 170 Å². The summed E-state index contributed by atoms with van der Waals surface area (Å²) in [7, 11) is 0. The van der Waals surface area contributed by atoms with E-state index in [0.717, 1.165) is 135 Å². The van der Waals surface area contributed by atoms with Crippen LogP contribution >= 0.6 is 0 Å². The third kappa shape index (κ3) is 63.5. The molecule has 79 heavy (non-hydrogen) atoms. The van der Waals surface area contributed by atoms with Crippen LogP contribution in [0, 0.1) is 0 Å². The van der Waals surface area contributed by atoms with Gasteiger partial charge < -0.3 is 14.2 Å². The van der Waals surface area contributed by atoms with Gasteiger partial charge in [-0.2, -0.15) is 0 Å². The molecule has 0 aromatic heterocycles. The predicted octanol–water partition coefficient (Wildman–Crippen LogP) is 21.9. The van der Waals surface area contributed by atoms with Crippen LogP contribution in [0.1, 0.15) is 252 Å². The maximum absolute atomic E-state index is 12.9. The number of ether oxygens (including phenoxy) is 3. The standard InChI is InChI=1S/C73H114O6/c1-4-7-10-13-16-19-22-25-27-29-31-33-35-36-38-39-41-43-45-48-51-54-57-60-63-66-72(75)78-69-70(68-77-71(74)65-62-59-56-53-50-47-24-21-18-15-12-9-6-3)79-73(76)67-64-61-58-55-52-49-46-44-42-40-37-34-32-30-28-26-23-20-17-14-11-8-5-2/h7,9-10,12,16,18-19,21,23,25-27,30-33,36-38,40-41,43,47-48,50-51,56,59,70H,4-6,8,11,13-15,17,20,22,24,28-29,34-35,39,42,44-46,49,52-55,57-58,60-69H2,1-3H3/b10-7-,12-9-,19-16-,21-18-,26-23-,27-25-,32-30-,33-31-,38-36-,40-37-,43-41-,50-47-,51-48-,59-56-. The van der Waals surface area contributed by atoms with Crippen LogP contribution < -0.4 is 0 Å². The fourth-order valence-electron chi connectivity index (χ4n) is 8.03. The van der Waals surface area contributed by atoms with Crippen molar-refractivity contribution in [2.24, 2.45) is 0 Å². The second-order valence-electron chi connectivity index (χ2n) is 20.2. The Hall–Kier alpha value is -5.23. The minimum Gasteiger partial charge on any atom is -0.462 e. The first kappa shape index (κ1) is 73.8. The Morgan fingerprint density at radius 2 is 0.519 bits per heavy atom. The normalized spacial score (nSPS) is 13.3. The molecule has 0 bridgehead atoms. The first-order valence-electron chi connectivity index (χ1n) is 31.6. The quantitative estimate of drug-likeness (QED) is 0.0261. The summed E-state index contributed by atoms with van der Waals surface area (Å²) in [5, 5.41) is 0. The Bertz CT molecular complexity index is 1820. The van der Waals surface area contributed by atoms with Crippen molar-refractivity contribution in [1.82, 2.24) is 0 Å². The second kappa shape index (κ2) is 65.3. The number of esters is 3. The molecule has 442 valence electrons. The number of unbranched alkanes of at least 4 members (excludes halogenated alkanes) is 16. The predicted molar refractivity (Wildman–Crippen MR) is 343 cm³/mol. The molecule has 0 aromatic rings. The highest BCUT2D eigenvalue weighted by Crippen LogP contribution is 2.13. The van der Waals surface area contributed by atoms with Gasteiger partial charge in [-0.3, -0.25) is 14.4 Å². The van der Waals surface area contributed by atoms with Crippen LogP contribution in [0.4, 0.5) is 0 Å². The van der Waals surface area contributed by atoms with Crippen molar-refractivity contribution in [2.45, 2.75) is 258 Å². The molecule has 0 saturated carbocycles. The summed E-state index contributed by atoms with van der Waals surface area (Å²) in [5.41, 5.74) is 0. The third-order valence-electron chi connectivity index (χ3n) is 12.7. The van der Waals surface area contributed by atoms with Crippen molar-refractivity contribution >= 4 is 17.9 Å². The Morgan fingerprint density at radius 3 is 0.861 bits per heavy atom. The molecule has 6 nitrogen and oxygen atoms in total. The van der Waals surface area contributed by atoms with Gasteiger partial charge in [0.2, 0.25) is 0 Å². The molecule has 0 fully saturated rings. The number of carbonyl (C=O) groups excluding carboxylic acids is 3. The van der Waals surface area contributed by atoms with E-state index in [1.165, 1.54) is 70.6 Å². The lowest BCUT2D eigenvalue weighted by molar-refractivity contribution is -0.166. The zero-order valence-corrected chi connectivity index (χ0v) is 50.6. The molecule has 0 aromatic carbocycles. The number of carbonyl (C=O) groups is 3. The van der Waals surface area contributed by atoms with Crippen molar-refractivity contribution in [3.8, 4) is 0 Å². The van der Waals surface area contributed by atoms with E-state index in [0.29, 0.717) is 12.8 Å². The van der Waals surface area contributed by atoms with Gasteiger partial charge in [0.15, 0.2) is 6.10 Å². The maximum Gasteiger partial charge on any atom is 0.306 e. The summed E-state index contributed by atoms with van der Waals surface area (Å²) in [6.07, 6.45) is 96.6. The van der Waals surface area contributed by atoms with Crippen molar-refractivity contribution in [3.63, 3.8) is 0 Å². The van der Waals surface area contributed by atoms with E-state index in [-0.39, 0.29) is 44.0 Å². The molecule has 0 saturated heterocycles. The lowest BCUT2D eigenvalue weighted by atomic mass is 10.1. The van der Waals surface area contributed by atoms with Crippen molar-refractivity contribution in [2.75, 3.05) is 13.2 Å². The lowest BCUT2D eigenvalue weighted by Gasteiger charge is -2.18. The smallest absolute Gasteiger partial charge is 0.306 e. The molecule has 0 rings (SSSR count). The fraction of sp³-hybridized carbons (Fsp3) is 0.575. The summed E-state index contributed by atoms with van der Waals surface area (Å²) >= 11 is 0. The highest BCUT2D eigenvalue weighted by molar-refractivity contribution is 5.71. The molecule has 0 radical (unpaired) electrons. The second-order valence-corrected chi connectivity index (χ2v) is 20.2. The molecule has 0 heterocycles. The van der Waals surface area contributed by atoms with E-state index in [2.05, 4.69) is 179 Å². The van der Waals surface area contributed by atoms with Gasteiger partial charge in [-0.15, -0.1) is 0 Å². The largest absolute Gasteiger partial charge is 0.462 e. The van der Waals surface area contributed by atoms with Crippen LogP contribution in [0.2, 0.25) is 0 Å². The van der Waals surface area contributed by atoms with Crippen LogP contribution in [-0.2, 0) is 28.6 Å². The van der Waals surface area contributed by atoms with E-state index in [4.69, 9.17) is 14.2 Å². The minimum atomic E-state index is -0.836. The van der Waals surface area contributed by atoms with E-state index in [1.54, 1.807) is 0 Å². The molecule has 0 spiro atoms. The molecule has 0 aliphatic heterocycles. The Kier molecular flexibility index (Phi) is 61.0. The average molecular weight is 1090 g/mol. The van der Waals surface area contributed by atoms with Crippen LogP contribution in [0.5, 0.6) is 0 Å². The van der Waals surface area contributed by atoms with Gasteiger partial charge in [0.05, 0.1) is 0 Å². The molecular formula is C73H114O6. The van der Waals surface area contributed by atoms with E-state index >= 15 is 0 Å². The zero-order chi connectivity index (χ0) is 57.1. The minimum absolute atomic E-state index is 0.129. The highest BCUT2D eigenvalue weighted by Gasteiger charge is 2.19. The first-order chi connectivity index (χ1) is 39.0. The van der Waals surface area contributed by atoms with Gasteiger partial charge in [0, 0.05) is 19.3 Å². The SMILES string of the molecule is CC/C=C\C/C=C\C/C=C\C/C=C\C/C=C\C/C=C\C/C=C\CCCCCC(=O)OCC(COC(=O)CC/C=C\C/C=C\C/C=C\C/C=C\CC)OC(=O)CCCCCCCCCC/C=C\C/C=C\C/C=C\CCCCCCC. The van der Waals surface area contributed by atoms with Crippen molar-refractivity contribution in [1.29, 1.82) is 0 Å². The van der Waals surface area contributed by atoms with Gasteiger partial charge in [0.25, 0.3) is 0 Å². The fourth-order valence-corrected chi connectivity index (χ4v) is 8.03. The maximum atomic E-state index is 12.9. The molecule has 0 aliphatic carbocycles. The molecule has 0 amide bonds. The molecular weight excluding hydrogens is 973 g/mol. The molecule has 0 N–H and O–H groups in total. The summed E-state index contributed by atoms with van der Waals surface area (Å²) < 4.78 is 16.8. The van der Waals surface area contributed by atoms with Gasteiger partial charge in [0.1, 0.15) is 13.2 Å². The zero-order valence-electron chi connectivity index (χ0n) is 50.6. The Labute approximate surface area is 485 Å². The Balaban J connectivity index is 4.50. The van der Waals surface area contributed by atoms with E-state index in [1.807, 2.05) is 12.2 Å². The van der Waals surface area contributed by atoms with Gasteiger partial charge in [-0.25, -0.2) is 0 Å². The summed E-state index contributed by atoms with van der Waals surface area (Å²) in [6, 6.07) is 0. The number of rotatable bonds is 55. The van der Waals surface area contributed by atoms with E-state index < -0.39 is 6.10 Å². The van der Waals surface area contributed by atoms with Gasteiger partial charge >= 0.3 is 17.9 Å². The van der Waals surface area contributed by atoms with E-state index in [9.17, 15) is 14.4 Å². The monoisotopic (exact) mass is 1090 g/mol. The summed E-state index contributed by atoms with van der Waals surface area (Å²) in [5.74, 6) is -1.06. The first-order valence-corrected chi connectivity index (χ1v) is 31.6. The Morgan fingerprint density at radius 1 is 0.266 bits per heavy atom. The topological polar surface area (TPSA) is 78.9 Å². The average Bonchev–Trinajstić information content (AvgIpc) is 3.45. The molecule has 1 unspecified atom stereocenters. The van der Waals surface area contributed by atoms with Gasteiger partial charge in [-0.1, -0.05) is 262 Å². The number of hydrogen-bond donors (Lipinski definition) is 0. The summed E-state index contributed by atoms with van der Waals surface area (Å²) in [4.78, 5) is 38.2. The third-order valence-corrected chi connectivity index (χ3v) is 12.7. The van der Waals surface area contributed by atoms with Gasteiger partial charge in [-0.05, 0) is 141 Å². The van der Waals surface area contributed by atoms with Crippen LogP contribution in [0.25, 0.3) is 0 Å². The molecule has 6 heteroatoms. The highest BCUT2D eigenvalue weighted by atomic mass is 16.6. The van der Waals surface area contributed by atoms with Crippen LogP contribution in [-0.4, -0.2) is 37.2 Å². The molecule has 1 atom stereocenters. The van der Waals surface area contributed by atoms with Crippen LogP contribution in [0.15, 0.2) is 170 Å². The molecule has 0 aliphatic rings. The van der Waals surface area contributed by atoms with Crippen molar-refractivity contribution < 1.29 is 28.6 Å². The number of hydrogen-bond acceptors (Lipinski definition) is 6.